The molecule has 3 atom stereocenters. The molecule has 3 unspecified atom stereocenters. The first-order valence-corrected chi connectivity index (χ1v) is 31.2. The van der Waals surface area contributed by atoms with Crippen LogP contribution in [0.4, 0.5) is 0 Å². The van der Waals surface area contributed by atoms with Crippen LogP contribution in [0.3, 0.4) is 0 Å². The lowest BCUT2D eigenvalue weighted by Crippen LogP contribution is -2.65. The van der Waals surface area contributed by atoms with Crippen LogP contribution in [0.2, 0.25) is 0 Å². The van der Waals surface area contributed by atoms with Crippen LogP contribution in [0.1, 0.15) is 90.4 Å². The van der Waals surface area contributed by atoms with Crippen LogP contribution in [-0.2, 0) is 40.3 Å². The Hall–Kier alpha value is -5.31. The Kier molecular flexibility index (Phi) is 30.7. The fraction of sp³-hybridized carbons (Fsp3) is 0.702. The summed E-state index contributed by atoms with van der Waals surface area (Å²) in [6.07, 6.45) is 5.30. The van der Waals surface area contributed by atoms with Crippen molar-refractivity contribution < 1.29 is 33.9 Å². The molecule has 3 aliphatic heterocycles. The van der Waals surface area contributed by atoms with E-state index in [9.17, 15) is 43.7 Å². The van der Waals surface area contributed by atoms with Gasteiger partial charge in [0.05, 0.1) is 43.6 Å². The number of piperidine rings is 2. The van der Waals surface area contributed by atoms with E-state index in [0.717, 1.165) is 67.4 Å². The van der Waals surface area contributed by atoms with Gasteiger partial charge in [0.15, 0.2) is 0 Å². The highest BCUT2D eigenvalue weighted by molar-refractivity contribution is 7.98. The minimum absolute atomic E-state index is 0.0549. The number of allylic oxidation sites excluding steroid dienone is 2. The maximum absolute atomic E-state index is 15.0. The highest BCUT2D eigenvalue weighted by Crippen LogP contribution is 2.27. The number of carboxylic acid groups (broad SMARTS) is 1. The predicted octanol–water partition coefficient (Wildman–Crippen LogP) is 3.68. The zero-order valence-corrected chi connectivity index (χ0v) is 51.2. The van der Waals surface area contributed by atoms with Crippen LogP contribution in [0, 0.1) is 21.6 Å². The lowest BCUT2D eigenvalue weighted by molar-refractivity contribution is -0.140. The van der Waals surface area contributed by atoms with Gasteiger partial charge in [0.2, 0.25) is 17.7 Å². The number of likely N-dealkylation sites (tertiary alicyclic amines) is 2. The average Bonchev–Trinajstić information content (AvgIpc) is 3.52. The summed E-state index contributed by atoms with van der Waals surface area (Å²) in [6.45, 7) is 24.3. The summed E-state index contributed by atoms with van der Waals surface area (Å²) in [5.41, 5.74) is 3.18. The second kappa shape index (κ2) is 36.4. The number of pyridine rings is 1. The zero-order chi connectivity index (χ0) is 60.2. The van der Waals surface area contributed by atoms with E-state index in [2.05, 4.69) is 74.7 Å². The number of likely N-dealkylation sites (N-methyl/N-ethyl adjacent to an activating group) is 1. The fourth-order valence-corrected chi connectivity index (χ4v) is 12.1. The van der Waals surface area contributed by atoms with Gasteiger partial charge in [-0.05, 0) is 101 Å². The molecule has 25 heteroatoms. The third-order valence-electron chi connectivity index (χ3n) is 15.5. The quantitative estimate of drug-likeness (QED) is 0.0444. The minimum atomic E-state index is -1.23. The molecular formula is C57H94N14O9S2. The summed E-state index contributed by atoms with van der Waals surface area (Å²) in [7, 11) is 3.93. The molecule has 1 aromatic heterocycles. The molecule has 0 saturated carbocycles. The zero-order valence-electron chi connectivity index (χ0n) is 49.6. The number of nitrogens with zero attached hydrogens (tertiary/aromatic N) is 9. The van der Waals surface area contributed by atoms with Gasteiger partial charge in [-0.3, -0.25) is 53.4 Å². The molecule has 0 aliphatic carbocycles. The largest absolute Gasteiger partial charge is 0.480 e. The first-order chi connectivity index (χ1) is 39.1. The second-order valence-corrected chi connectivity index (χ2v) is 24.7. The van der Waals surface area contributed by atoms with Gasteiger partial charge in [-0.25, -0.2) is 0 Å². The summed E-state index contributed by atoms with van der Waals surface area (Å²) < 4.78 is 0. The monoisotopic (exact) mass is 1180 g/mol. The van der Waals surface area contributed by atoms with Gasteiger partial charge in [-0.1, -0.05) is 59.9 Å². The number of aliphatic carboxylic acids is 1. The standard InChI is InChI=1S/C57H94N14O9S2/c1-10-42(4)54(45(7)58-8)62-55(77)49(34-41(2)3)61-56(78)57(63-44(6)17-33-82-40-48-13-11-12-47(60-48)39-81-32-16-43(5)59-46-14-20-66(9)21-15-46)18-22-71(23-19-57)52(74)37-69-28-26-67(35-50(72)64-79)24-25-68(36-51(73)65-80)27-30-70(31-29-69)38-53(75)76/h11-13,41-42,46,49,54,58-59,63H,5-7,10,14-40H2,1-4,8-9H3,(H,61,78)(H,62,77)(H,75,76). The summed E-state index contributed by atoms with van der Waals surface area (Å²) in [5.74, 6) is -0.494. The molecule has 5 amide bonds. The maximum atomic E-state index is 15.0. The molecule has 82 heavy (non-hydrogen) atoms. The van der Waals surface area contributed by atoms with Crippen molar-refractivity contribution in [3.8, 4) is 0 Å². The molecule has 0 radical (unpaired) electrons. The number of rotatable bonds is 32. The van der Waals surface area contributed by atoms with Crippen molar-refractivity contribution in [2.45, 2.75) is 114 Å². The van der Waals surface area contributed by atoms with E-state index in [-0.39, 0.29) is 140 Å². The summed E-state index contributed by atoms with van der Waals surface area (Å²) in [6, 6.07) is 5.40. The number of carbonyl (C=O) groups excluding carboxylic acids is 5. The molecule has 458 valence electrons. The van der Waals surface area contributed by atoms with Gasteiger partial charge >= 0.3 is 5.97 Å². The minimum Gasteiger partial charge on any atom is -0.480 e. The van der Waals surface area contributed by atoms with Crippen molar-refractivity contribution in [3.63, 3.8) is 0 Å². The SMILES string of the molecule is C=C(CCSCc1cccc(CSCCC(=C)NC2(C(=O)NC(CC(C)C)C(=O)NC(C(=C)NC)C(C)CC)CCN(C(=O)CN3CCN(CC(=O)O)CCN(CC(=O)N=O)CCN(CC(=O)N=O)CC3)CC2)n1)NC1CCN(C)CC1. The summed E-state index contributed by atoms with van der Waals surface area (Å²) in [4.78, 5) is 118. The third-order valence-corrected chi connectivity index (χ3v) is 17.5. The Morgan fingerprint density at radius 1 is 0.732 bits per heavy atom. The number of amides is 5. The van der Waals surface area contributed by atoms with Crippen LogP contribution in [0.5, 0.6) is 0 Å². The van der Waals surface area contributed by atoms with Crippen molar-refractivity contribution >= 4 is 59.0 Å². The molecule has 1 aromatic rings. The van der Waals surface area contributed by atoms with E-state index < -0.39 is 29.4 Å². The first-order valence-electron chi connectivity index (χ1n) is 28.9. The summed E-state index contributed by atoms with van der Waals surface area (Å²) >= 11 is 3.57. The van der Waals surface area contributed by atoms with Crippen LogP contribution in [0.15, 0.2) is 65.4 Å². The molecule has 0 bridgehead atoms. The number of hydrogen-bond acceptors (Lipinski definition) is 19. The lowest BCUT2D eigenvalue weighted by atomic mass is 9.85. The topological polar surface area (TPSA) is 274 Å². The van der Waals surface area contributed by atoms with Gasteiger partial charge < -0.3 is 41.5 Å². The number of thioether (sulfide) groups is 2. The van der Waals surface area contributed by atoms with Crippen molar-refractivity contribution in [1.82, 2.24) is 61.0 Å². The third kappa shape index (κ3) is 24.9. The van der Waals surface area contributed by atoms with Gasteiger partial charge in [0, 0.05) is 117 Å². The summed E-state index contributed by atoms with van der Waals surface area (Å²) in [5, 5.41) is 31.4. The van der Waals surface area contributed by atoms with Gasteiger partial charge in [-0.15, -0.1) is 9.81 Å². The van der Waals surface area contributed by atoms with E-state index in [1.165, 1.54) is 0 Å². The predicted molar refractivity (Wildman–Crippen MR) is 325 cm³/mol. The molecule has 3 fully saturated rings. The Morgan fingerprint density at radius 3 is 1.71 bits per heavy atom. The van der Waals surface area contributed by atoms with E-state index in [1.54, 1.807) is 38.4 Å². The number of carboxylic acids is 1. The van der Waals surface area contributed by atoms with E-state index in [4.69, 9.17) is 4.98 Å². The molecule has 0 aromatic carbocycles. The van der Waals surface area contributed by atoms with E-state index in [0.29, 0.717) is 41.8 Å². The van der Waals surface area contributed by atoms with Crippen molar-refractivity contribution in [2.75, 3.05) is 130 Å². The molecular weight excluding hydrogens is 1090 g/mol. The van der Waals surface area contributed by atoms with Crippen LogP contribution in [-0.4, -0.2) is 229 Å². The molecule has 3 saturated heterocycles. The molecule has 23 nitrogen and oxygen atoms in total. The Bertz CT molecular complexity index is 2300. The van der Waals surface area contributed by atoms with Crippen LogP contribution in [0.25, 0.3) is 0 Å². The van der Waals surface area contributed by atoms with E-state index >= 15 is 0 Å². The molecule has 3 aliphatic rings. The van der Waals surface area contributed by atoms with Gasteiger partial charge in [0.1, 0.15) is 11.6 Å². The number of aromatic nitrogens is 1. The maximum Gasteiger partial charge on any atom is 0.317 e. The molecule has 4 heterocycles. The lowest BCUT2D eigenvalue weighted by Gasteiger charge is -2.43. The highest BCUT2D eigenvalue weighted by Gasteiger charge is 2.44. The number of nitrogens with one attached hydrogen (secondary N) is 5. The second-order valence-electron chi connectivity index (χ2n) is 22.5. The molecule has 6 N–H and O–H groups in total. The first kappa shape index (κ1) is 69.2. The normalized spacial score (nSPS) is 18.6. The number of hydrogen-bond donors (Lipinski definition) is 6. The van der Waals surface area contributed by atoms with Crippen molar-refractivity contribution in [1.29, 1.82) is 0 Å². The van der Waals surface area contributed by atoms with Gasteiger partial charge in [0.25, 0.3) is 11.8 Å². The fourth-order valence-electron chi connectivity index (χ4n) is 10.2. The highest BCUT2D eigenvalue weighted by atomic mass is 32.2. The van der Waals surface area contributed by atoms with Crippen molar-refractivity contribution in [3.05, 3.63) is 76.2 Å². The van der Waals surface area contributed by atoms with Gasteiger partial charge in [-0.2, -0.15) is 23.5 Å². The Morgan fingerprint density at radius 2 is 1.23 bits per heavy atom. The number of nitroso groups, excluding NO2 is 2. The van der Waals surface area contributed by atoms with Crippen LogP contribution >= 0.6 is 23.5 Å². The van der Waals surface area contributed by atoms with E-state index in [1.807, 2.05) is 56.5 Å². The van der Waals surface area contributed by atoms with Crippen LogP contribution < -0.4 is 26.6 Å². The Labute approximate surface area is 494 Å². The molecule has 4 rings (SSSR count). The average molecular weight is 1180 g/mol. The van der Waals surface area contributed by atoms with Crippen molar-refractivity contribution in [2.24, 2.45) is 22.2 Å². The number of carbonyl (C=O) groups is 6. The Balaban J connectivity index is 1.46. The molecule has 0 spiro atoms. The smallest absolute Gasteiger partial charge is 0.317 e.